The van der Waals surface area contributed by atoms with Crippen LogP contribution in [0.2, 0.25) is 0 Å². The lowest BCUT2D eigenvalue weighted by molar-refractivity contribution is -1.03. The third kappa shape index (κ3) is 7.57. The first-order valence-electron chi connectivity index (χ1n) is 14.4. The molecule has 0 amide bonds. The summed E-state index contributed by atoms with van der Waals surface area (Å²) < 4.78 is 37.2. The first kappa shape index (κ1) is 32.8. The van der Waals surface area contributed by atoms with Gasteiger partial charge in [0.2, 0.25) is 0 Å². The van der Waals surface area contributed by atoms with Gasteiger partial charge in [-0.1, -0.05) is 119 Å². The number of hydrogen-bond acceptors (Lipinski definition) is 3. The molecule has 3 nitrogen and oxygen atoms in total. The second-order valence-electron chi connectivity index (χ2n) is 13.8. The molecule has 3 aromatic carbocycles. The number of hydrogen-bond donors (Lipinski definition) is 0. The zero-order valence-corrected chi connectivity index (χ0v) is 29.5. The van der Waals surface area contributed by atoms with Crippen LogP contribution in [0.4, 0.5) is 0 Å². The van der Waals surface area contributed by atoms with E-state index in [4.69, 9.17) is 2.51 Å². The summed E-state index contributed by atoms with van der Waals surface area (Å²) in [6, 6.07) is 20.9. The Morgan fingerprint density at radius 3 is 1.23 bits per heavy atom. The molecule has 0 atom stereocenters. The van der Waals surface area contributed by atoms with Crippen LogP contribution in [0.25, 0.3) is 0 Å². The van der Waals surface area contributed by atoms with Crippen molar-refractivity contribution in [2.45, 2.75) is 117 Å². The largest absolute Gasteiger partial charge is 0.336 e. The fourth-order valence-corrected chi connectivity index (χ4v) is 12.1. The average molecular weight is 677 g/mol. The molecule has 40 heavy (non-hydrogen) atoms. The van der Waals surface area contributed by atoms with Crippen molar-refractivity contribution in [2.75, 3.05) is 0 Å². The molecule has 0 bridgehead atoms. The molecule has 5 heteroatoms. The molecule has 219 valence electrons. The summed E-state index contributed by atoms with van der Waals surface area (Å²) >= 11 is -2.86. The van der Waals surface area contributed by atoms with Gasteiger partial charge in [-0.3, -0.25) is 0 Å². The van der Waals surface area contributed by atoms with Gasteiger partial charge in [-0.15, -0.1) is 0 Å². The van der Waals surface area contributed by atoms with Crippen LogP contribution in [-0.2, 0) is 23.5 Å². The highest BCUT2D eigenvalue weighted by atomic mass is 127. The molecule has 0 heterocycles. The monoisotopic (exact) mass is 676 g/mol. The molecular weight excluding hydrogens is 627 g/mol. The van der Waals surface area contributed by atoms with Gasteiger partial charge in [0.05, 0.1) is 0 Å². The van der Waals surface area contributed by atoms with Gasteiger partial charge in [-0.2, -0.15) is 8.42 Å². The molecule has 0 saturated carbocycles. The lowest BCUT2D eigenvalue weighted by Gasteiger charge is -2.22. The molecule has 0 spiro atoms. The maximum Gasteiger partial charge on any atom is 0.336 e. The van der Waals surface area contributed by atoms with Crippen molar-refractivity contribution < 1.29 is 31.2 Å². The van der Waals surface area contributed by atoms with E-state index in [2.05, 4.69) is 144 Å². The topological polar surface area (TPSA) is 43.4 Å². The van der Waals surface area contributed by atoms with E-state index in [1.807, 2.05) is 0 Å². The van der Waals surface area contributed by atoms with E-state index in [0.717, 1.165) is 23.8 Å². The van der Waals surface area contributed by atoms with E-state index in [0.29, 0.717) is 10.8 Å². The number of rotatable bonds is 8. The molecule has 0 aliphatic rings. The van der Waals surface area contributed by atoms with Crippen molar-refractivity contribution in [3.8, 4) is 0 Å². The predicted molar refractivity (Wildman–Crippen MR) is 165 cm³/mol. The fraction of sp³-hybridized carbons (Fsp3) is 0.486. The highest BCUT2D eigenvalue weighted by Gasteiger charge is 2.40. The molecule has 0 aliphatic carbocycles. The molecule has 0 saturated heterocycles. The third-order valence-corrected chi connectivity index (χ3v) is 14.8. The number of halogens is 1. The molecule has 3 rings (SSSR count). The quantitative estimate of drug-likeness (QED) is 0.252. The van der Waals surface area contributed by atoms with Crippen LogP contribution in [-0.4, -0.2) is 8.42 Å². The zero-order valence-electron chi connectivity index (χ0n) is 26.5. The lowest BCUT2D eigenvalue weighted by atomic mass is 9.87. The van der Waals surface area contributed by atoms with Crippen LogP contribution >= 0.6 is 0 Å². The van der Waals surface area contributed by atoms with Crippen molar-refractivity contribution in [3.63, 3.8) is 0 Å². The smallest absolute Gasteiger partial charge is 0.190 e. The van der Waals surface area contributed by atoms with Crippen molar-refractivity contribution >= 4 is 10.1 Å². The van der Waals surface area contributed by atoms with Crippen LogP contribution in [0, 0.1) is 7.14 Å². The first-order chi connectivity index (χ1) is 18.3. The van der Waals surface area contributed by atoms with Crippen molar-refractivity contribution in [2.24, 2.45) is 0 Å². The molecule has 0 aromatic heterocycles. The predicted octanol–water partition coefficient (Wildman–Crippen LogP) is 6.64. The van der Waals surface area contributed by atoms with Crippen LogP contribution in [0.15, 0.2) is 65.6 Å². The zero-order chi connectivity index (χ0) is 30.2. The van der Waals surface area contributed by atoms with Gasteiger partial charge < -0.3 is 0 Å². The Kier molecular flexibility index (Phi) is 10.1. The van der Waals surface area contributed by atoms with Crippen molar-refractivity contribution in [1.82, 2.24) is 0 Å². The summed E-state index contributed by atoms with van der Waals surface area (Å²) in [7, 11) is -4.06. The summed E-state index contributed by atoms with van der Waals surface area (Å²) in [5.41, 5.74) is 5.30. The molecule has 0 unspecified atom stereocenters. The Hall–Kier alpha value is -1.70. The van der Waals surface area contributed by atoms with E-state index in [9.17, 15) is 8.42 Å². The Morgan fingerprint density at radius 1 is 0.600 bits per heavy atom. The van der Waals surface area contributed by atoms with Crippen LogP contribution < -0.4 is 20.2 Å². The van der Waals surface area contributed by atoms with E-state index in [1.165, 1.54) is 11.1 Å². The second-order valence-corrected chi connectivity index (χ2v) is 20.2. The third-order valence-electron chi connectivity index (χ3n) is 7.29. The maximum absolute atomic E-state index is 14.4. The van der Waals surface area contributed by atoms with Gasteiger partial charge in [0.1, 0.15) is 4.90 Å². The molecule has 0 N–H and O–H groups in total. The lowest BCUT2D eigenvalue weighted by Crippen LogP contribution is -3.85. The van der Waals surface area contributed by atoms with Crippen molar-refractivity contribution in [1.29, 1.82) is 0 Å². The van der Waals surface area contributed by atoms with Gasteiger partial charge in [0, 0.05) is 0 Å². The highest BCUT2D eigenvalue weighted by molar-refractivity contribution is 7.86. The molecule has 1 radical (unpaired) electrons. The van der Waals surface area contributed by atoms with Gasteiger partial charge in [-0.05, 0) is 83.2 Å². The van der Waals surface area contributed by atoms with E-state index >= 15 is 0 Å². The summed E-state index contributed by atoms with van der Waals surface area (Å²) in [5, 5.41) is 0. The minimum absolute atomic E-state index is 0.00928. The minimum atomic E-state index is -4.06. The van der Waals surface area contributed by atoms with Gasteiger partial charge >= 0.3 is 30.4 Å². The Morgan fingerprint density at radius 2 is 0.950 bits per heavy atom. The molecule has 0 aliphatic heterocycles. The van der Waals surface area contributed by atoms with Gasteiger partial charge in [0.15, 0.2) is 7.14 Å². The fourth-order valence-electron chi connectivity index (χ4n) is 4.62. The summed E-state index contributed by atoms with van der Waals surface area (Å²) in [6.07, 6.45) is 0. The van der Waals surface area contributed by atoms with Crippen LogP contribution in [0.3, 0.4) is 0 Å². The maximum atomic E-state index is 14.4. The van der Waals surface area contributed by atoms with E-state index in [1.54, 1.807) is 0 Å². The Bertz CT molecular complexity index is 1320. The van der Waals surface area contributed by atoms with Gasteiger partial charge in [-0.25, -0.2) is 0 Å². The van der Waals surface area contributed by atoms with E-state index in [-0.39, 0.29) is 22.7 Å². The standard InChI is InChI=1S/C35H49IO3S/c1-23(2)26-21-31(24(3)4)33(32(22-26)25(5)6)40(37,38)39-36(29-17-13-27(14-18-29)34(7,8)9)30-19-15-28(16-20-30)35(10,11)12/h13-25H,1-12H3/q+1. The number of benzene rings is 3. The minimum Gasteiger partial charge on any atom is -0.190 e. The first-order valence-corrected chi connectivity index (χ1v) is 18.8. The SMILES string of the molecule is CC(C)c1cc(C(C)C)c(S(=O)(=O)O[I+](c2ccc(C(C)(C)C)cc2)c2ccc(C(C)(C)C)cc2)c(C(C)C)c1. The molecule has 0 fully saturated rings. The average Bonchev–Trinajstić information content (AvgIpc) is 2.85. The van der Waals surface area contributed by atoms with Crippen LogP contribution in [0.5, 0.6) is 0 Å². The molecular formula is C35H49IO3S+. The summed E-state index contributed by atoms with van der Waals surface area (Å²) in [6.45, 7) is 25.7. The summed E-state index contributed by atoms with van der Waals surface area (Å²) in [4.78, 5) is 0.363. The molecule has 3 aromatic rings. The summed E-state index contributed by atoms with van der Waals surface area (Å²) in [5.74, 6) is 0.395. The highest BCUT2D eigenvalue weighted by Crippen LogP contribution is 2.35. The van der Waals surface area contributed by atoms with E-state index < -0.39 is 30.4 Å². The van der Waals surface area contributed by atoms with Crippen LogP contribution in [0.1, 0.15) is 129 Å². The Labute approximate surface area is 252 Å². The normalized spacial score (nSPS) is 13.2. The van der Waals surface area contributed by atoms with Crippen molar-refractivity contribution in [3.05, 3.63) is 95.6 Å². The second kappa shape index (κ2) is 12.3. The van der Waals surface area contributed by atoms with Gasteiger partial charge in [0.25, 0.3) is 0 Å². The Balaban J connectivity index is 2.22.